The topological polar surface area (TPSA) is 162 Å². The third-order valence-electron chi connectivity index (χ3n) is 8.54. The van der Waals surface area contributed by atoms with Crippen molar-refractivity contribution in [2.45, 2.75) is 96.7 Å². The molecule has 11 nitrogen and oxygen atoms in total. The minimum Gasteiger partial charge on any atom is -0.493 e. The van der Waals surface area contributed by atoms with Crippen LogP contribution in [0.3, 0.4) is 0 Å². The predicted octanol–water partition coefficient (Wildman–Crippen LogP) is 3.26. The lowest BCUT2D eigenvalue weighted by Gasteiger charge is -2.31. The van der Waals surface area contributed by atoms with Crippen molar-refractivity contribution in [1.29, 1.82) is 0 Å². The second-order valence-corrected chi connectivity index (χ2v) is 12.5. The molecule has 2 rings (SSSR count). The molecule has 1 aliphatic rings. The van der Waals surface area contributed by atoms with Gasteiger partial charge in [-0.05, 0) is 61.1 Å². The summed E-state index contributed by atoms with van der Waals surface area (Å²) in [6.45, 7) is 9.48. The maximum atomic E-state index is 13.4. The number of primary amides is 1. The number of amides is 1. The molecule has 1 saturated heterocycles. The summed E-state index contributed by atoms with van der Waals surface area (Å²) in [7, 11) is 4.85. The fourth-order valence-corrected chi connectivity index (χ4v) is 5.58. The Labute approximate surface area is 263 Å². The minimum atomic E-state index is -1.06. The number of hydrogen-bond acceptors (Lipinski definition) is 10. The molecule has 1 aromatic carbocycles. The number of benzene rings is 1. The molecule has 1 aliphatic heterocycles. The molecular weight excluding hydrogens is 568 g/mol. The number of aliphatic hydroxyl groups excluding tert-OH is 1. The lowest BCUT2D eigenvalue weighted by atomic mass is 9.81. The lowest BCUT2D eigenvalue weighted by Crippen LogP contribution is -2.45. The van der Waals surface area contributed by atoms with Gasteiger partial charge in [-0.2, -0.15) is 0 Å². The van der Waals surface area contributed by atoms with Gasteiger partial charge in [-0.1, -0.05) is 33.8 Å². The fourth-order valence-electron chi connectivity index (χ4n) is 5.58. The van der Waals surface area contributed by atoms with Gasteiger partial charge >= 0.3 is 5.97 Å². The van der Waals surface area contributed by atoms with Crippen LogP contribution in [0.4, 0.5) is 0 Å². The Morgan fingerprint density at radius 1 is 1.05 bits per heavy atom. The van der Waals surface area contributed by atoms with Gasteiger partial charge in [-0.15, -0.1) is 0 Å². The summed E-state index contributed by atoms with van der Waals surface area (Å²) in [5.41, 5.74) is 13.2. The zero-order valence-corrected chi connectivity index (χ0v) is 27.7. The van der Waals surface area contributed by atoms with E-state index in [0.717, 1.165) is 18.4 Å². The Balaban J connectivity index is 2.08. The smallest absolute Gasteiger partial charge is 0.309 e. The largest absolute Gasteiger partial charge is 0.493 e. The monoisotopic (exact) mass is 624 g/mol. The van der Waals surface area contributed by atoms with Crippen LogP contribution in [-0.2, 0) is 35.0 Å². The van der Waals surface area contributed by atoms with E-state index in [9.17, 15) is 14.7 Å². The first-order valence-corrected chi connectivity index (χ1v) is 15.8. The van der Waals surface area contributed by atoms with Crippen molar-refractivity contribution in [3.63, 3.8) is 0 Å². The molecule has 0 bridgehead atoms. The third-order valence-corrected chi connectivity index (χ3v) is 8.54. The Hall–Kier alpha value is -2.44. The van der Waals surface area contributed by atoms with Crippen LogP contribution in [0, 0.1) is 23.7 Å². The van der Waals surface area contributed by atoms with Gasteiger partial charge in [-0.25, -0.2) is 0 Å². The van der Waals surface area contributed by atoms with Crippen molar-refractivity contribution in [3.05, 3.63) is 23.8 Å². The van der Waals surface area contributed by atoms with Crippen LogP contribution in [0.2, 0.25) is 0 Å². The molecule has 0 aliphatic carbocycles. The molecule has 7 unspecified atom stereocenters. The Bertz CT molecular complexity index is 1010. The van der Waals surface area contributed by atoms with Crippen LogP contribution in [0.5, 0.6) is 11.5 Å². The van der Waals surface area contributed by atoms with Gasteiger partial charge in [0, 0.05) is 39.7 Å². The third kappa shape index (κ3) is 11.8. The summed E-state index contributed by atoms with van der Waals surface area (Å²) in [5.74, 6) is -0.161. The zero-order chi connectivity index (χ0) is 32.8. The van der Waals surface area contributed by atoms with Crippen LogP contribution < -0.4 is 20.9 Å². The standard InChI is InChI=1S/C33H56N2O9/c1-20(2)23(15-22-9-10-28(41-7)29(16-22)42-13-8-12-39-5)17-26(34)27(36)19-25(21(3)4)33(38)44-30-18-24(40-6)11-14-43-31(30)32(35)37/h9-10,16,20-21,23-27,30-31,36H,8,11-15,17-19,34H2,1-7H3,(H2,35,37). The van der Waals surface area contributed by atoms with Crippen LogP contribution in [0.25, 0.3) is 0 Å². The van der Waals surface area contributed by atoms with Gasteiger partial charge in [0.25, 0.3) is 0 Å². The molecule has 1 heterocycles. The number of esters is 1. The molecule has 44 heavy (non-hydrogen) atoms. The Kier molecular flexibility index (Phi) is 16.4. The second-order valence-electron chi connectivity index (χ2n) is 12.5. The SMILES string of the molecule is COCCCOc1cc(CC(CC(N)C(O)CC(C(=O)OC2CC(OC)CCOC2C(N)=O)C(C)C)C(C)C)ccc1OC. The van der Waals surface area contributed by atoms with Gasteiger partial charge in [0.15, 0.2) is 17.6 Å². The van der Waals surface area contributed by atoms with E-state index in [1.54, 1.807) is 21.3 Å². The van der Waals surface area contributed by atoms with Gasteiger partial charge in [0.2, 0.25) is 5.91 Å². The number of carbonyl (C=O) groups is 2. The summed E-state index contributed by atoms with van der Waals surface area (Å²) in [6.07, 6.45) is -0.0370. The minimum absolute atomic E-state index is 0.132. The van der Waals surface area contributed by atoms with E-state index in [1.807, 2.05) is 32.0 Å². The molecular formula is C33H56N2O9. The number of ether oxygens (including phenoxy) is 6. The van der Waals surface area contributed by atoms with Crippen LogP contribution in [0.15, 0.2) is 18.2 Å². The van der Waals surface area contributed by atoms with Crippen molar-refractivity contribution in [3.8, 4) is 11.5 Å². The number of aliphatic hydroxyl groups is 1. The molecule has 1 fully saturated rings. The van der Waals surface area contributed by atoms with Crippen molar-refractivity contribution in [1.82, 2.24) is 0 Å². The Morgan fingerprint density at radius 3 is 2.36 bits per heavy atom. The van der Waals surface area contributed by atoms with Gasteiger partial charge in [0.05, 0.1) is 38.4 Å². The second kappa shape index (κ2) is 19.2. The molecule has 5 N–H and O–H groups in total. The predicted molar refractivity (Wildman–Crippen MR) is 167 cm³/mol. The molecule has 7 atom stereocenters. The lowest BCUT2D eigenvalue weighted by molar-refractivity contribution is -0.168. The quantitative estimate of drug-likeness (QED) is 0.154. The highest BCUT2D eigenvalue weighted by molar-refractivity contribution is 5.80. The van der Waals surface area contributed by atoms with E-state index in [1.165, 1.54) is 0 Å². The van der Waals surface area contributed by atoms with Gasteiger partial charge in [-0.3, -0.25) is 9.59 Å². The number of methoxy groups -OCH3 is 3. The normalized spacial score (nSPS) is 21.8. The maximum Gasteiger partial charge on any atom is 0.309 e. The number of carbonyl (C=O) groups excluding carboxylic acids is 2. The van der Waals surface area contributed by atoms with Crippen molar-refractivity contribution in [2.75, 3.05) is 41.2 Å². The van der Waals surface area contributed by atoms with E-state index in [0.29, 0.717) is 49.9 Å². The first kappa shape index (κ1) is 37.7. The maximum absolute atomic E-state index is 13.4. The zero-order valence-electron chi connectivity index (χ0n) is 27.7. The van der Waals surface area contributed by atoms with Gasteiger partial charge < -0.3 is 45.0 Å². The molecule has 1 amide bonds. The van der Waals surface area contributed by atoms with E-state index in [4.69, 9.17) is 39.9 Å². The molecule has 1 aromatic rings. The number of rotatable bonds is 19. The van der Waals surface area contributed by atoms with E-state index in [2.05, 4.69) is 13.8 Å². The fraction of sp³-hybridized carbons (Fsp3) is 0.758. The van der Waals surface area contributed by atoms with Crippen molar-refractivity contribution < 1.29 is 43.1 Å². The van der Waals surface area contributed by atoms with E-state index >= 15 is 0 Å². The average Bonchev–Trinajstić information content (AvgIpc) is 3.19. The highest BCUT2D eigenvalue weighted by atomic mass is 16.6. The number of hydrogen-bond donors (Lipinski definition) is 3. The summed E-state index contributed by atoms with van der Waals surface area (Å²) in [6, 6.07) is 5.37. The van der Waals surface area contributed by atoms with Crippen LogP contribution in [0.1, 0.15) is 65.4 Å². The average molecular weight is 625 g/mol. The molecule has 252 valence electrons. The van der Waals surface area contributed by atoms with Crippen molar-refractivity contribution in [2.24, 2.45) is 35.1 Å². The Morgan fingerprint density at radius 2 is 1.77 bits per heavy atom. The first-order valence-electron chi connectivity index (χ1n) is 15.8. The molecule has 0 spiro atoms. The van der Waals surface area contributed by atoms with Crippen LogP contribution >= 0.6 is 0 Å². The highest BCUT2D eigenvalue weighted by Crippen LogP contribution is 2.32. The summed E-state index contributed by atoms with van der Waals surface area (Å²) < 4.78 is 33.4. The molecule has 0 radical (unpaired) electrons. The van der Waals surface area contributed by atoms with E-state index < -0.39 is 42.1 Å². The van der Waals surface area contributed by atoms with Gasteiger partial charge in [0.1, 0.15) is 6.10 Å². The summed E-state index contributed by atoms with van der Waals surface area (Å²) >= 11 is 0. The number of nitrogens with two attached hydrogens (primary N) is 2. The molecule has 0 saturated carbocycles. The summed E-state index contributed by atoms with van der Waals surface area (Å²) in [4.78, 5) is 25.5. The molecule has 0 aromatic heterocycles. The molecule has 11 heteroatoms. The van der Waals surface area contributed by atoms with Crippen LogP contribution in [-0.4, -0.2) is 88.6 Å². The van der Waals surface area contributed by atoms with Crippen molar-refractivity contribution >= 4 is 11.9 Å². The van der Waals surface area contributed by atoms with E-state index in [-0.39, 0.29) is 31.0 Å². The highest BCUT2D eigenvalue weighted by Gasteiger charge is 2.38. The summed E-state index contributed by atoms with van der Waals surface area (Å²) in [5, 5.41) is 11.2. The first-order chi connectivity index (χ1) is 20.9.